The molecule has 0 saturated carbocycles. The zero-order chi connectivity index (χ0) is 18.3. The standard InChI is InChI=1S/C20H36N4O/c1-5-21-20(22-14-10-11-15-25-6-2)23-16-19(17(3)4)24-18-12-8-7-9-13-18/h7-9,12-13,17,19,24H,5-6,10-11,14-16H2,1-4H3,(H2,21,22,23). The van der Waals surface area contributed by atoms with Crippen LogP contribution in [0.1, 0.15) is 40.5 Å². The van der Waals surface area contributed by atoms with Crippen LogP contribution in [-0.4, -0.2) is 44.8 Å². The molecule has 3 N–H and O–H groups in total. The summed E-state index contributed by atoms with van der Waals surface area (Å²) < 4.78 is 5.37. The molecule has 1 aromatic rings. The van der Waals surface area contributed by atoms with E-state index in [-0.39, 0.29) is 0 Å². The number of para-hydroxylation sites is 1. The van der Waals surface area contributed by atoms with E-state index in [0.29, 0.717) is 12.0 Å². The minimum atomic E-state index is 0.302. The summed E-state index contributed by atoms with van der Waals surface area (Å²) in [5, 5.41) is 10.3. The van der Waals surface area contributed by atoms with Crippen molar-refractivity contribution in [1.82, 2.24) is 10.6 Å². The van der Waals surface area contributed by atoms with Crippen molar-refractivity contribution in [2.75, 3.05) is 38.2 Å². The molecule has 0 saturated heterocycles. The monoisotopic (exact) mass is 348 g/mol. The minimum Gasteiger partial charge on any atom is -0.382 e. The number of benzene rings is 1. The van der Waals surface area contributed by atoms with E-state index in [0.717, 1.165) is 57.3 Å². The lowest BCUT2D eigenvalue weighted by Gasteiger charge is -2.22. The number of hydrogen-bond acceptors (Lipinski definition) is 3. The Morgan fingerprint density at radius 1 is 1.08 bits per heavy atom. The summed E-state index contributed by atoms with van der Waals surface area (Å²) in [5.41, 5.74) is 1.14. The van der Waals surface area contributed by atoms with Gasteiger partial charge in [-0.2, -0.15) is 0 Å². The van der Waals surface area contributed by atoms with Crippen LogP contribution >= 0.6 is 0 Å². The van der Waals surface area contributed by atoms with Crippen LogP contribution in [0.15, 0.2) is 35.3 Å². The molecule has 1 unspecified atom stereocenters. The van der Waals surface area contributed by atoms with Gasteiger partial charge in [0.05, 0.1) is 6.54 Å². The summed E-state index contributed by atoms with van der Waals surface area (Å²) in [4.78, 5) is 4.77. The molecule has 0 aliphatic heterocycles. The van der Waals surface area contributed by atoms with Crippen LogP contribution < -0.4 is 16.0 Å². The average Bonchev–Trinajstić information content (AvgIpc) is 2.61. The third-order valence-corrected chi connectivity index (χ3v) is 3.93. The van der Waals surface area contributed by atoms with Gasteiger partial charge in [-0.05, 0) is 44.7 Å². The lowest BCUT2D eigenvalue weighted by Crippen LogP contribution is -2.39. The molecule has 1 atom stereocenters. The topological polar surface area (TPSA) is 57.7 Å². The highest BCUT2D eigenvalue weighted by Crippen LogP contribution is 2.12. The van der Waals surface area contributed by atoms with Gasteiger partial charge in [0.2, 0.25) is 0 Å². The fraction of sp³-hybridized carbons (Fsp3) is 0.650. The second-order valence-electron chi connectivity index (χ2n) is 6.41. The molecule has 0 amide bonds. The van der Waals surface area contributed by atoms with Crippen molar-refractivity contribution in [2.24, 2.45) is 10.9 Å². The number of ether oxygens (including phenoxy) is 1. The Morgan fingerprint density at radius 3 is 2.48 bits per heavy atom. The molecular weight excluding hydrogens is 312 g/mol. The van der Waals surface area contributed by atoms with Crippen LogP contribution in [0.2, 0.25) is 0 Å². The lowest BCUT2D eigenvalue weighted by molar-refractivity contribution is 0.143. The van der Waals surface area contributed by atoms with Crippen molar-refractivity contribution < 1.29 is 4.74 Å². The molecule has 0 heterocycles. The highest BCUT2D eigenvalue weighted by Gasteiger charge is 2.13. The first-order chi connectivity index (χ1) is 12.2. The first-order valence-electron chi connectivity index (χ1n) is 9.58. The summed E-state index contributed by atoms with van der Waals surface area (Å²) >= 11 is 0. The smallest absolute Gasteiger partial charge is 0.191 e. The summed E-state index contributed by atoms with van der Waals surface area (Å²) in [6.45, 7) is 12.7. The Morgan fingerprint density at radius 2 is 1.84 bits per heavy atom. The zero-order valence-electron chi connectivity index (χ0n) is 16.3. The van der Waals surface area contributed by atoms with Crippen molar-refractivity contribution >= 4 is 11.6 Å². The molecule has 0 fully saturated rings. The predicted molar refractivity (Wildman–Crippen MR) is 108 cm³/mol. The van der Waals surface area contributed by atoms with E-state index in [9.17, 15) is 0 Å². The SMILES string of the molecule is CCNC(=NCC(Nc1ccccc1)C(C)C)NCCCCOCC. The number of guanidine groups is 1. The molecule has 1 aromatic carbocycles. The maximum absolute atomic E-state index is 5.37. The van der Waals surface area contributed by atoms with Gasteiger partial charge in [0, 0.05) is 38.0 Å². The van der Waals surface area contributed by atoms with E-state index in [2.05, 4.69) is 61.0 Å². The predicted octanol–water partition coefficient (Wildman–Crippen LogP) is 3.49. The second-order valence-corrected chi connectivity index (χ2v) is 6.41. The van der Waals surface area contributed by atoms with Gasteiger partial charge in [0.15, 0.2) is 5.96 Å². The minimum absolute atomic E-state index is 0.302. The summed E-state index contributed by atoms with van der Waals surface area (Å²) in [5.74, 6) is 1.39. The van der Waals surface area contributed by atoms with Crippen molar-refractivity contribution in [1.29, 1.82) is 0 Å². The highest BCUT2D eigenvalue weighted by molar-refractivity contribution is 5.79. The van der Waals surface area contributed by atoms with Gasteiger partial charge in [0.25, 0.3) is 0 Å². The van der Waals surface area contributed by atoms with Gasteiger partial charge in [-0.15, -0.1) is 0 Å². The normalized spacial score (nSPS) is 12.9. The van der Waals surface area contributed by atoms with Crippen molar-refractivity contribution in [3.8, 4) is 0 Å². The number of rotatable bonds is 12. The Bertz CT molecular complexity index is 462. The van der Waals surface area contributed by atoms with E-state index in [1.165, 1.54) is 0 Å². The van der Waals surface area contributed by atoms with Gasteiger partial charge >= 0.3 is 0 Å². The number of aliphatic imine (C=N–C) groups is 1. The molecular formula is C20H36N4O. The van der Waals surface area contributed by atoms with Crippen molar-refractivity contribution in [3.63, 3.8) is 0 Å². The molecule has 0 spiro atoms. The fourth-order valence-electron chi connectivity index (χ4n) is 2.38. The third-order valence-electron chi connectivity index (χ3n) is 3.93. The van der Waals surface area contributed by atoms with E-state index >= 15 is 0 Å². The Hall–Kier alpha value is -1.75. The number of hydrogen-bond donors (Lipinski definition) is 3. The zero-order valence-corrected chi connectivity index (χ0v) is 16.3. The van der Waals surface area contributed by atoms with E-state index in [1.54, 1.807) is 0 Å². The van der Waals surface area contributed by atoms with Gasteiger partial charge < -0.3 is 20.7 Å². The highest BCUT2D eigenvalue weighted by atomic mass is 16.5. The summed E-state index contributed by atoms with van der Waals surface area (Å²) in [6, 6.07) is 10.6. The van der Waals surface area contributed by atoms with E-state index in [1.807, 2.05) is 13.0 Å². The summed E-state index contributed by atoms with van der Waals surface area (Å²) in [7, 11) is 0. The van der Waals surface area contributed by atoms with Crippen LogP contribution in [0.3, 0.4) is 0 Å². The number of nitrogens with zero attached hydrogens (tertiary/aromatic N) is 1. The van der Waals surface area contributed by atoms with Gasteiger partial charge in [0.1, 0.15) is 0 Å². The van der Waals surface area contributed by atoms with Crippen LogP contribution in [0, 0.1) is 5.92 Å². The summed E-state index contributed by atoms with van der Waals surface area (Å²) in [6.07, 6.45) is 2.16. The second kappa shape index (κ2) is 13.5. The lowest BCUT2D eigenvalue weighted by atomic mass is 10.0. The Labute approximate surface area is 153 Å². The molecule has 0 radical (unpaired) electrons. The molecule has 25 heavy (non-hydrogen) atoms. The molecule has 1 rings (SSSR count). The molecule has 5 nitrogen and oxygen atoms in total. The Kier molecular flexibility index (Phi) is 11.5. The first-order valence-corrected chi connectivity index (χ1v) is 9.58. The first kappa shape index (κ1) is 21.3. The van der Waals surface area contributed by atoms with E-state index < -0.39 is 0 Å². The van der Waals surface area contributed by atoms with E-state index in [4.69, 9.17) is 9.73 Å². The number of unbranched alkanes of at least 4 members (excludes halogenated alkanes) is 1. The van der Waals surface area contributed by atoms with Crippen LogP contribution in [0.5, 0.6) is 0 Å². The fourth-order valence-corrected chi connectivity index (χ4v) is 2.38. The molecule has 0 aliphatic rings. The maximum Gasteiger partial charge on any atom is 0.191 e. The third kappa shape index (κ3) is 9.97. The molecule has 142 valence electrons. The number of anilines is 1. The molecule has 0 aromatic heterocycles. The molecule has 0 aliphatic carbocycles. The van der Waals surface area contributed by atoms with Gasteiger partial charge in [-0.1, -0.05) is 32.0 Å². The Balaban J connectivity index is 2.48. The molecule has 5 heteroatoms. The van der Waals surface area contributed by atoms with Crippen molar-refractivity contribution in [2.45, 2.75) is 46.6 Å². The van der Waals surface area contributed by atoms with Crippen LogP contribution in [0.4, 0.5) is 5.69 Å². The van der Waals surface area contributed by atoms with Crippen LogP contribution in [-0.2, 0) is 4.74 Å². The van der Waals surface area contributed by atoms with Gasteiger partial charge in [-0.25, -0.2) is 0 Å². The quantitative estimate of drug-likeness (QED) is 0.307. The van der Waals surface area contributed by atoms with Crippen LogP contribution in [0.25, 0.3) is 0 Å². The molecule has 0 bridgehead atoms. The largest absolute Gasteiger partial charge is 0.382 e. The van der Waals surface area contributed by atoms with Crippen molar-refractivity contribution in [3.05, 3.63) is 30.3 Å². The maximum atomic E-state index is 5.37. The average molecular weight is 349 g/mol. The number of nitrogens with one attached hydrogen (secondary N) is 3. The van der Waals surface area contributed by atoms with Gasteiger partial charge in [-0.3, -0.25) is 4.99 Å².